The lowest BCUT2D eigenvalue weighted by molar-refractivity contribution is -0.126. The van der Waals surface area contributed by atoms with Crippen molar-refractivity contribution in [2.24, 2.45) is 11.8 Å². The predicted molar refractivity (Wildman–Crippen MR) is 104 cm³/mol. The molecular formula is C21H27N3O3. The number of benzene rings is 1. The molecule has 0 radical (unpaired) electrons. The van der Waals surface area contributed by atoms with Gasteiger partial charge in [-0.3, -0.25) is 4.79 Å². The molecule has 1 aliphatic rings. The maximum atomic E-state index is 12.4. The number of rotatable bonds is 9. The second-order valence-corrected chi connectivity index (χ2v) is 6.79. The molecule has 3 rings (SSSR count). The van der Waals surface area contributed by atoms with E-state index in [0.717, 1.165) is 25.1 Å². The summed E-state index contributed by atoms with van der Waals surface area (Å²) >= 11 is 0. The molecule has 144 valence electrons. The van der Waals surface area contributed by atoms with Gasteiger partial charge in [-0.2, -0.15) is 0 Å². The van der Waals surface area contributed by atoms with Crippen molar-refractivity contribution >= 4 is 5.91 Å². The van der Waals surface area contributed by atoms with Crippen LogP contribution in [0.2, 0.25) is 0 Å². The fourth-order valence-corrected chi connectivity index (χ4v) is 2.84. The Morgan fingerprint density at radius 2 is 2.04 bits per heavy atom. The van der Waals surface area contributed by atoms with Crippen LogP contribution in [0.5, 0.6) is 17.4 Å². The Balaban J connectivity index is 1.66. The van der Waals surface area contributed by atoms with Gasteiger partial charge in [0.05, 0.1) is 6.61 Å². The highest BCUT2D eigenvalue weighted by Gasteiger charge is 2.28. The summed E-state index contributed by atoms with van der Waals surface area (Å²) < 4.78 is 11.8. The molecule has 6 nitrogen and oxygen atoms in total. The molecule has 1 aromatic heterocycles. The fourth-order valence-electron chi connectivity index (χ4n) is 2.84. The largest absolute Gasteiger partial charge is 0.490 e. The van der Waals surface area contributed by atoms with E-state index in [2.05, 4.69) is 22.5 Å². The van der Waals surface area contributed by atoms with Crippen LogP contribution < -0.4 is 20.1 Å². The zero-order valence-electron chi connectivity index (χ0n) is 15.9. The maximum Gasteiger partial charge on any atom is 0.224 e. The highest BCUT2D eigenvalue weighted by Crippen LogP contribution is 2.32. The molecule has 1 amide bonds. The summed E-state index contributed by atoms with van der Waals surface area (Å²) in [5.74, 6) is 2.25. The summed E-state index contributed by atoms with van der Waals surface area (Å²) in [6.07, 6.45) is 2.60. The fraction of sp³-hybridized carbons (Fsp3) is 0.429. The molecule has 1 aliphatic heterocycles. The molecule has 0 aliphatic carbocycles. The van der Waals surface area contributed by atoms with Crippen molar-refractivity contribution in [3.05, 3.63) is 48.2 Å². The van der Waals surface area contributed by atoms with Crippen LogP contribution in [-0.2, 0) is 11.3 Å². The Bertz CT molecular complexity index is 762. The molecule has 1 saturated heterocycles. The Kier molecular flexibility index (Phi) is 6.65. The summed E-state index contributed by atoms with van der Waals surface area (Å²) in [6.45, 7) is 6.85. The number of carbonyl (C=O) groups is 1. The van der Waals surface area contributed by atoms with Crippen molar-refractivity contribution in [3.8, 4) is 17.4 Å². The number of hydrogen-bond donors (Lipinski definition) is 2. The van der Waals surface area contributed by atoms with E-state index in [4.69, 9.17) is 9.47 Å². The average Bonchev–Trinajstić information content (AvgIpc) is 2.65. The molecule has 2 heterocycles. The number of para-hydroxylation sites is 2. The summed E-state index contributed by atoms with van der Waals surface area (Å²) in [5, 5.41) is 6.21. The number of nitrogens with zero attached hydrogens (tertiary/aromatic N) is 1. The number of pyridine rings is 1. The van der Waals surface area contributed by atoms with E-state index < -0.39 is 0 Å². The molecule has 0 saturated carbocycles. The third-order valence-electron chi connectivity index (χ3n) is 4.75. The van der Waals surface area contributed by atoms with Gasteiger partial charge in [-0.1, -0.05) is 32.0 Å². The number of ether oxygens (including phenoxy) is 2. The van der Waals surface area contributed by atoms with Crippen molar-refractivity contribution in [3.63, 3.8) is 0 Å². The molecule has 1 atom stereocenters. The maximum absolute atomic E-state index is 12.4. The van der Waals surface area contributed by atoms with E-state index in [0.29, 0.717) is 36.4 Å². The third kappa shape index (κ3) is 4.98. The number of hydrogen-bond acceptors (Lipinski definition) is 5. The first-order valence-corrected chi connectivity index (χ1v) is 9.51. The molecule has 27 heavy (non-hydrogen) atoms. The number of aromatic nitrogens is 1. The highest BCUT2D eigenvalue weighted by molar-refractivity contribution is 5.78. The van der Waals surface area contributed by atoms with Crippen LogP contribution in [0, 0.1) is 11.8 Å². The SMILES string of the molecule is CCCOc1ccccc1Oc1ncccc1CNC(=O)C(C)C1CNC1. The predicted octanol–water partition coefficient (Wildman–Crippen LogP) is 3.13. The first kappa shape index (κ1) is 19.2. The minimum atomic E-state index is -0.00420. The van der Waals surface area contributed by atoms with Gasteiger partial charge in [0.2, 0.25) is 11.8 Å². The lowest BCUT2D eigenvalue weighted by Crippen LogP contribution is -2.49. The van der Waals surface area contributed by atoms with Crippen LogP contribution in [0.15, 0.2) is 42.6 Å². The number of nitrogens with one attached hydrogen (secondary N) is 2. The van der Waals surface area contributed by atoms with Crippen LogP contribution in [0.1, 0.15) is 25.8 Å². The molecule has 1 unspecified atom stereocenters. The van der Waals surface area contributed by atoms with Crippen molar-refractivity contribution in [1.82, 2.24) is 15.6 Å². The summed E-state index contributed by atoms with van der Waals surface area (Å²) in [4.78, 5) is 16.7. The van der Waals surface area contributed by atoms with Gasteiger partial charge in [0.15, 0.2) is 11.5 Å². The van der Waals surface area contributed by atoms with Crippen molar-refractivity contribution in [2.75, 3.05) is 19.7 Å². The number of carbonyl (C=O) groups excluding carboxylic acids is 1. The van der Waals surface area contributed by atoms with E-state index in [-0.39, 0.29) is 11.8 Å². The van der Waals surface area contributed by atoms with Gasteiger partial charge < -0.3 is 20.1 Å². The summed E-state index contributed by atoms with van der Waals surface area (Å²) in [6, 6.07) is 11.3. The minimum absolute atomic E-state index is 0.00420. The van der Waals surface area contributed by atoms with Gasteiger partial charge in [0.25, 0.3) is 0 Å². The molecule has 1 aromatic carbocycles. The zero-order chi connectivity index (χ0) is 19.1. The van der Waals surface area contributed by atoms with Crippen molar-refractivity contribution in [2.45, 2.75) is 26.8 Å². The standard InChI is InChI=1S/C21H27N3O3/c1-3-11-26-18-8-4-5-9-19(18)27-21-16(7-6-10-23-21)14-24-20(25)15(2)17-12-22-13-17/h4-10,15,17,22H,3,11-14H2,1-2H3,(H,24,25). The van der Waals surface area contributed by atoms with E-state index in [1.54, 1.807) is 6.20 Å². The van der Waals surface area contributed by atoms with Crippen molar-refractivity contribution < 1.29 is 14.3 Å². The number of amides is 1. The highest BCUT2D eigenvalue weighted by atomic mass is 16.5. The quantitative estimate of drug-likeness (QED) is 0.710. The van der Waals surface area contributed by atoms with Crippen LogP contribution in [0.4, 0.5) is 0 Å². The topological polar surface area (TPSA) is 72.5 Å². The van der Waals surface area contributed by atoms with E-state index in [9.17, 15) is 4.79 Å². The first-order valence-electron chi connectivity index (χ1n) is 9.51. The van der Waals surface area contributed by atoms with Gasteiger partial charge >= 0.3 is 0 Å². The summed E-state index contributed by atoms with van der Waals surface area (Å²) in [5.41, 5.74) is 0.829. The third-order valence-corrected chi connectivity index (χ3v) is 4.75. The second-order valence-electron chi connectivity index (χ2n) is 6.79. The molecule has 6 heteroatoms. The molecule has 0 bridgehead atoms. The van der Waals surface area contributed by atoms with Crippen LogP contribution >= 0.6 is 0 Å². The zero-order valence-corrected chi connectivity index (χ0v) is 15.9. The van der Waals surface area contributed by atoms with Crippen LogP contribution in [0.3, 0.4) is 0 Å². The van der Waals surface area contributed by atoms with Gasteiger partial charge in [0, 0.05) is 24.2 Å². The van der Waals surface area contributed by atoms with Gasteiger partial charge in [0.1, 0.15) is 0 Å². The Labute approximate surface area is 160 Å². The van der Waals surface area contributed by atoms with Crippen molar-refractivity contribution in [1.29, 1.82) is 0 Å². The normalized spacial score (nSPS) is 14.9. The first-order chi connectivity index (χ1) is 13.2. The van der Waals surface area contributed by atoms with Gasteiger partial charge in [-0.15, -0.1) is 0 Å². The summed E-state index contributed by atoms with van der Waals surface area (Å²) in [7, 11) is 0. The van der Waals surface area contributed by atoms with E-state index >= 15 is 0 Å². The second kappa shape index (κ2) is 9.37. The molecule has 1 fully saturated rings. The molecule has 2 N–H and O–H groups in total. The Morgan fingerprint density at radius 3 is 2.74 bits per heavy atom. The van der Waals surface area contributed by atoms with Crippen LogP contribution in [0.25, 0.3) is 0 Å². The smallest absolute Gasteiger partial charge is 0.224 e. The molecule has 2 aromatic rings. The lowest BCUT2D eigenvalue weighted by Gasteiger charge is -2.31. The van der Waals surface area contributed by atoms with E-state index in [1.165, 1.54) is 0 Å². The molecule has 0 spiro atoms. The molecular weight excluding hydrogens is 342 g/mol. The lowest BCUT2D eigenvalue weighted by atomic mass is 9.88. The van der Waals surface area contributed by atoms with Gasteiger partial charge in [-0.25, -0.2) is 4.98 Å². The monoisotopic (exact) mass is 369 g/mol. The van der Waals surface area contributed by atoms with E-state index in [1.807, 2.05) is 43.3 Å². The Morgan fingerprint density at radius 1 is 1.26 bits per heavy atom. The van der Waals surface area contributed by atoms with Gasteiger partial charge in [-0.05, 0) is 43.6 Å². The average molecular weight is 369 g/mol. The minimum Gasteiger partial charge on any atom is -0.490 e. The van der Waals surface area contributed by atoms with Crippen LogP contribution in [-0.4, -0.2) is 30.6 Å². The Hall–Kier alpha value is -2.60.